The Morgan fingerprint density at radius 2 is 1.80 bits per heavy atom. The number of hydrogen-bond acceptors (Lipinski definition) is 5. The van der Waals surface area contributed by atoms with Crippen LogP contribution < -0.4 is 0 Å². The summed E-state index contributed by atoms with van der Waals surface area (Å²) < 4.78 is 5.39. The summed E-state index contributed by atoms with van der Waals surface area (Å²) in [5, 5.41) is 4.14. The predicted octanol–water partition coefficient (Wildman–Crippen LogP) is 4.47. The summed E-state index contributed by atoms with van der Waals surface area (Å²) >= 11 is 0. The molecule has 1 unspecified atom stereocenters. The molecule has 2 aromatic rings. The Kier molecular flexibility index (Phi) is 4.84. The van der Waals surface area contributed by atoms with Crippen LogP contribution in [0.3, 0.4) is 0 Å². The van der Waals surface area contributed by atoms with Crippen molar-refractivity contribution < 1.29 is 4.52 Å². The van der Waals surface area contributed by atoms with Crippen molar-refractivity contribution in [2.45, 2.75) is 77.3 Å². The first-order valence-corrected chi connectivity index (χ1v) is 9.70. The van der Waals surface area contributed by atoms with E-state index in [2.05, 4.69) is 10.1 Å². The molecule has 0 spiro atoms. The molecule has 2 aromatic heterocycles. The van der Waals surface area contributed by atoms with E-state index in [4.69, 9.17) is 14.5 Å². The minimum Gasteiger partial charge on any atom is -0.361 e. The average Bonchev–Trinajstić information content (AvgIpc) is 3.22. The third kappa shape index (κ3) is 3.47. The largest absolute Gasteiger partial charge is 0.361 e. The Morgan fingerprint density at radius 1 is 1.04 bits per heavy atom. The van der Waals surface area contributed by atoms with E-state index in [0.717, 1.165) is 30.4 Å². The quantitative estimate of drug-likeness (QED) is 0.822. The van der Waals surface area contributed by atoms with Crippen molar-refractivity contribution >= 4 is 0 Å². The Bertz CT molecular complexity index is 683. The highest BCUT2D eigenvalue weighted by Crippen LogP contribution is 2.36. The molecule has 0 N–H and O–H groups in total. The van der Waals surface area contributed by atoms with Crippen molar-refractivity contribution in [1.29, 1.82) is 0 Å². The fourth-order valence-corrected chi connectivity index (χ4v) is 4.56. The summed E-state index contributed by atoms with van der Waals surface area (Å²) in [4.78, 5) is 11.9. The maximum Gasteiger partial charge on any atom is 0.138 e. The Labute approximate surface area is 149 Å². The molecule has 1 aliphatic heterocycles. The molecule has 0 aromatic carbocycles. The molecule has 134 valence electrons. The van der Waals surface area contributed by atoms with Gasteiger partial charge in [0.05, 0.1) is 5.69 Å². The molecule has 1 atom stereocenters. The molecule has 5 heteroatoms. The molecule has 0 radical (unpaired) electrons. The lowest BCUT2D eigenvalue weighted by atomic mass is 9.89. The van der Waals surface area contributed by atoms with Crippen molar-refractivity contribution in [3.8, 4) is 0 Å². The van der Waals surface area contributed by atoms with Crippen LogP contribution >= 0.6 is 0 Å². The van der Waals surface area contributed by atoms with E-state index in [0.29, 0.717) is 12.0 Å². The van der Waals surface area contributed by atoms with Gasteiger partial charge in [0.2, 0.25) is 0 Å². The van der Waals surface area contributed by atoms with Gasteiger partial charge in [-0.15, -0.1) is 0 Å². The van der Waals surface area contributed by atoms with Gasteiger partial charge < -0.3 is 4.52 Å². The number of nitrogens with zero attached hydrogens (tertiary/aromatic N) is 4. The van der Waals surface area contributed by atoms with E-state index in [1.54, 1.807) is 0 Å². The summed E-state index contributed by atoms with van der Waals surface area (Å²) in [6.45, 7) is 6.08. The lowest BCUT2D eigenvalue weighted by Crippen LogP contribution is -2.24. The highest BCUT2D eigenvalue weighted by Gasteiger charge is 2.30. The second kappa shape index (κ2) is 7.24. The van der Waals surface area contributed by atoms with Gasteiger partial charge in [-0.05, 0) is 46.1 Å². The lowest BCUT2D eigenvalue weighted by Gasteiger charge is -2.24. The molecule has 0 bridgehead atoms. The van der Waals surface area contributed by atoms with Crippen LogP contribution in [-0.4, -0.2) is 26.6 Å². The summed E-state index contributed by atoms with van der Waals surface area (Å²) in [6.07, 6.45) is 13.0. The van der Waals surface area contributed by atoms with Crippen molar-refractivity contribution in [2.24, 2.45) is 0 Å². The van der Waals surface area contributed by atoms with Gasteiger partial charge in [-0.25, -0.2) is 9.97 Å². The van der Waals surface area contributed by atoms with E-state index in [9.17, 15) is 0 Å². The van der Waals surface area contributed by atoms with Gasteiger partial charge >= 0.3 is 0 Å². The minimum absolute atomic E-state index is 0.407. The second-order valence-electron chi connectivity index (χ2n) is 7.65. The number of aromatic nitrogens is 3. The fraction of sp³-hybridized carbons (Fsp3) is 0.650. The zero-order valence-electron chi connectivity index (χ0n) is 15.4. The Morgan fingerprint density at radius 3 is 2.48 bits per heavy atom. The summed E-state index contributed by atoms with van der Waals surface area (Å²) in [5.74, 6) is 2.58. The van der Waals surface area contributed by atoms with E-state index in [-0.39, 0.29) is 0 Å². The SMILES string of the molecule is Cc1noc(C)c1C1CCCN1Cc1cnc(C2CCCCC2)nc1. The third-order valence-electron chi connectivity index (χ3n) is 5.87. The first kappa shape index (κ1) is 16.7. The van der Waals surface area contributed by atoms with Gasteiger partial charge in [0.15, 0.2) is 0 Å². The highest BCUT2D eigenvalue weighted by molar-refractivity contribution is 5.26. The first-order chi connectivity index (χ1) is 12.2. The zero-order valence-corrected chi connectivity index (χ0v) is 15.4. The predicted molar refractivity (Wildman–Crippen MR) is 96.2 cm³/mol. The Hall–Kier alpha value is -1.75. The minimum atomic E-state index is 0.407. The smallest absolute Gasteiger partial charge is 0.138 e. The molecular weight excluding hydrogens is 312 g/mol. The van der Waals surface area contributed by atoms with E-state index in [1.165, 1.54) is 56.1 Å². The second-order valence-corrected chi connectivity index (χ2v) is 7.65. The first-order valence-electron chi connectivity index (χ1n) is 9.70. The van der Waals surface area contributed by atoms with Gasteiger partial charge in [-0.1, -0.05) is 24.4 Å². The summed E-state index contributed by atoms with van der Waals surface area (Å²) in [7, 11) is 0. The van der Waals surface area contributed by atoms with Crippen molar-refractivity contribution in [3.63, 3.8) is 0 Å². The van der Waals surface area contributed by atoms with Crippen LogP contribution in [-0.2, 0) is 6.54 Å². The van der Waals surface area contributed by atoms with Crippen LogP contribution in [0.1, 0.15) is 85.3 Å². The third-order valence-corrected chi connectivity index (χ3v) is 5.87. The van der Waals surface area contributed by atoms with Crippen LogP contribution in [0, 0.1) is 13.8 Å². The average molecular weight is 340 g/mol. The maximum absolute atomic E-state index is 5.39. The molecule has 1 aliphatic carbocycles. The summed E-state index contributed by atoms with van der Waals surface area (Å²) in [6, 6.07) is 0.407. The van der Waals surface area contributed by atoms with Gasteiger partial charge in [-0.3, -0.25) is 4.90 Å². The number of hydrogen-bond donors (Lipinski definition) is 0. The maximum atomic E-state index is 5.39. The van der Waals surface area contributed by atoms with E-state index >= 15 is 0 Å². The molecule has 5 nitrogen and oxygen atoms in total. The standard InChI is InChI=1S/C20H28N4O/c1-14-19(15(2)25-23-14)18-9-6-10-24(18)13-16-11-21-20(22-12-16)17-7-4-3-5-8-17/h11-12,17-18H,3-10,13H2,1-2H3. The molecule has 4 rings (SSSR count). The lowest BCUT2D eigenvalue weighted by molar-refractivity contribution is 0.245. The topological polar surface area (TPSA) is 55.1 Å². The highest BCUT2D eigenvalue weighted by atomic mass is 16.5. The summed E-state index contributed by atoms with van der Waals surface area (Å²) in [5.41, 5.74) is 3.51. The molecule has 0 amide bonds. The van der Waals surface area contributed by atoms with Crippen LogP contribution in [0.4, 0.5) is 0 Å². The molecule has 3 heterocycles. The van der Waals surface area contributed by atoms with Crippen molar-refractivity contribution in [1.82, 2.24) is 20.0 Å². The molecule has 1 saturated carbocycles. The number of aryl methyl sites for hydroxylation is 2. The van der Waals surface area contributed by atoms with Gasteiger partial charge in [0.1, 0.15) is 11.6 Å². The molecule has 2 fully saturated rings. The molecule has 25 heavy (non-hydrogen) atoms. The molecular formula is C20H28N4O. The van der Waals surface area contributed by atoms with Crippen LogP contribution in [0.15, 0.2) is 16.9 Å². The van der Waals surface area contributed by atoms with Gasteiger partial charge in [-0.2, -0.15) is 0 Å². The van der Waals surface area contributed by atoms with Crippen LogP contribution in [0.5, 0.6) is 0 Å². The monoisotopic (exact) mass is 340 g/mol. The number of rotatable bonds is 4. The van der Waals surface area contributed by atoms with E-state index in [1.807, 2.05) is 26.2 Å². The van der Waals surface area contributed by atoms with Crippen LogP contribution in [0.2, 0.25) is 0 Å². The van der Waals surface area contributed by atoms with Gasteiger partial charge in [0, 0.05) is 42.0 Å². The zero-order chi connectivity index (χ0) is 17.2. The van der Waals surface area contributed by atoms with Crippen molar-refractivity contribution in [2.75, 3.05) is 6.54 Å². The van der Waals surface area contributed by atoms with Crippen LogP contribution in [0.25, 0.3) is 0 Å². The fourth-order valence-electron chi connectivity index (χ4n) is 4.56. The van der Waals surface area contributed by atoms with E-state index < -0.39 is 0 Å². The normalized spacial score (nSPS) is 22.6. The van der Waals surface area contributed by atoms with Gasteiger partial charge in [0.25, 0.3) is 0 Å². The van der Waals surface area contributed by atoms with Crippen molar-refractivity contribution in [3.05, 3.63) is 40.8 Å². The Balaban J connectivity index is 1.46. The molecule has 1 saturated heterocycles. The number of likely N-dealkylation sites (tertiary alicyclic amines) is 1. The molecule has 2 aliphatic rings.